The van der Waals surface area contributed by atoms with Gasteiger partial charge in [-0.05, 0) is 37.4 Å². The molecule has 1 atom stereocenters. The third kappa shape index (κ3) is 3.83. The third-order valence-electron chi connectivity index (χ3n) is 4.09. The number of rotatable bonds is 5. The number of benzene rings is 1. The lowest BCUT2D eigenvalue weighted by Crippen LogP contribution is -2.39. The van der Waals surface area contributed by atoms with Crippen molar-refractivity contribution < 1.29 is 4.79 Å². The first-order valence-electron chi connectivity index (χ1n) is 7.79. The lowest BCUT2D eigenvalue weighted by atomic mass is 10.0. The summed E-state index contributed by atoms with van der Waals surface area (Å²) in [5, 5.41) is 3.53. The van der Waals surface area contributed by atoms with Crippen molar-refractivity contribution in [2.45, 2.75) is 45.6 Å². The van der Waals surface area contributed by atoms with Gasteiger partial charge in [0.1, 0.15) is 0 Å². The third-order valence-corrected chi connectivity index (χ3v) is 4.09. The first-order chi connectivity index (χ1) is 9.72. The maximum absolute atomic E-state index is 12.2. The van der Waals surface area contributed by atoms with Crippen LogP contribution in [0.1, 0.15) is 49.8 Å². The fourth-order valence-corrected chi connectivity index (χ4v) is 2.95. The van der Waals surface area contributed by atoms with E-state index in [1.54, 1.807) is 0 Å². The van der Waals surface area contributed by atoms with Crippen LogP contribution in [0.4, 0.5) is 0 Å². The van der Waals surface area contributed by atoms with E-state index in [-0.39, 0.29) is 6.04 Å². The standard InChI is InChI=1S/C17H26N2O/c1-3-18-16(15-10-7-6-9-14(15)2)13-19-12-8-4-5-11-17(19)20/h6-7,9-10,16,18H,3-5,8,11-13H2,1-2H3. The average Bonchev–Trinajstić information content (AvgIpc) is 2.64. The molecule has 1 aromatic carbocycles. The van der Waals surface area contributed by atoms with Gasteiger partial charge < -0.3 is 10.2 Å². The molecular formula is C17H26N2O. The molecule has 1 saturated heterocycles. The van der Waals surface area contributed by atoms with E-state index in [1.165, 1.54) is 17.5 Å². The van der Waals surface area contributed by atoms with Crippen molar-refractivity contribution >= 4 is 5.91 Å². The normalized spacial score (nSPS) is 17.9. The molecule has 1 aliphatic rings. The number of amides is 1. The van der Waals surface area contributed by atoms with Crippen molar-refractivity contribution in [1.29, 1.82) is 0 Å². The molecule has 3 heteroatoms. The Morgan fingerprint density at radius 3 is 2.80 bits per heavy atom. The van der Waals surface area contributed by atoms with E-state index in [9.17, 15) is 4.79 Å². The molecule has 0 aliphatic carbocycles. The van der Waals surface area contributed by atoms with Crippen molar-refractivity contribution in [1.82, 2.24) is 10.2 Å². The Bertz CT molecular complexity index is 444. The average molecular weight is 274 g/mol. The number of hydrogen-bond acceptors (Lipinski definition) is 2. The van der Waals surface area contributed by atoms with Crippen LogP contribution in [-0.2, 0) is 4.79 Å². The van der Waals surface area contributed by atoms with Crippen LogP contribution >= 0.6 is 0 Å². The van der Waals surface area contributed by atoms with E-state index in [2.05, 4.69) is 43.4 Å². The number of likely N-dealkylation sites (tertiary alicyclic amines) is 1. The smallest absolute Gasteiger partial charge is 0.222 e. The highest BCUT2D eigenvalue weighted by Gasteiger charge is 2.21. The highest BCUT2D eigenvalue weighted by Crippen LogP contribution is 2.21. The molecule has 3 nitrogen and oxygen atoms in total. The van der Waals surface area contributed by atoms with Gasteiger partial charge in [0.2, 0.25) is 5.91 Å². The summed E-state index contributed by atoms with van der Waals surface area (Å²) >= 11 is 0. The predicted octanol–water partition coefficient (Wildman–Crippen LogP) is 3.05. The largest absolute Gasteiger partial charge is 0.341 e. The first kappa shape index (κ1) is 15.0. The van der Waals surface area contributed by atoms with Gasteiger partial charge in [-0.15, -0.1) is 0 Å². The minimum Gasteiger partial charge on any atom is -0.341 e. The highest BCUT2D eigenvalue weighted by molar-refractivity contribution is 5.76. The Balaban J connectivity index is 2.12. The van der Waals surface area contributed by atoms with Crippen LogP contribution in [0.3, 0.4) is 0 Å². The summed E-state index contributed by atoms with van der Waals surface area (Å²) in [7, 11) is 0. The molecule has 1 aromatic rings. The fraction of sp³-hybridized carbons (Fsp3) is 0.588. The Morgan fingerprint density at radius 1 is 1.25 bits per heavy atom. The summed E-state index contributed by atoms with van der Waals surface area (Å²) in [4.78, 5) is 14.2. The number of nitrogens with one attached hydrogen (secondary N) is 1. The number of nitrogens with zero attached hydrogens (tertiary/aromatic N) is 1. The summed E-state index contributed by atoms with van der Waals surface area (Å²) in [6.07, 6.45) is 4.08. The summed E-state index contributed by atoms with van der Waals surface area (Å²) in [5.41, 5.74) is 2.60. The van der Waals surface area contributed by atoms with E-state index in [0.29, 0.717) is 12.3 Å². The Morgan fingerprint density at radius 2 is 2.05 bits per heavy atom. The number of carbonyl (C=O) groups excluding carboxylic acids is 1. The van der Waals surface area contributed by atoms with Crippen LogP contribution < -0.4 is 5.32 Å². The van der Waals surface area contributed by atoms with E-state index in [1.807, 2.05) is 4.90 Å². The molecule has 0 radical (unpaired) electrons. The van der Waals surface area contributed by atoms with Gasteiger partial charge in [0.15, 0.2) is 0 Å². The molecule has 0 spiro atoms. The minimum absolute atomic E-state index is 0.239. The van der Waals surface area contributed by atoms with Crippen LogP contribution in [0.2, 0.25) is 0 Å². The van der Waals surface area contributed by atoms with E-state index in [4.69, 9.17) is 0 Å². The Labute approximate surface area is 122 Å². The fourth-order valence-electron chi connectivity index (χ4n) is 2.95. The summed E-state index contributed by atoms with van der Waals surface area (Å²) < 4.78 is 0. The minimum atomic E-state index is 0.239. The lowest BCUT2D eigenvalue weighted by molar-refractivity contribution is -0.131. The van der Waals surface area contributed by atoms with Crippen molar-refractivity contribution in [2.75, 3.05) is 19.6 Å². The molecule has 110 valence electrons. The van der Waals surface area contributed by atoms with E-state index < -0.39 is 0 Å². The number of carbonyl (C=O) groups is 1. The second kappa shape index (κ2) is 7.44. The number of aryl methyl sites for hydroxylation is 1. The van der Waals surface area contributed by atoms with E-state index in [0.717, 1.165) is 32.5 Å². The Kier molecular flexibility index (Phi) is 5.60. The predicted molar refractivity (Wildman–Crippen MR) is 82.6 cm³/mol. The molecule has 1 N–H and O–H groups in total. The molecular weight excluding hydrogens is 248 g/mol. The lowest BCUT2D eigenvalue weighted by Gasteiger charge is -2.28. The van der Waals surface area contributed by atoms with Gasteiger partial charge in [-0.25, -0.2) is 0 Å². The van der Waals surface area contributed by atoms with Gasteiger partial charge in [0, 0.05) is 19.5 Å². The van der Waals surface area contributed by atoms with Crippen molar-refractivity contribution in [3.63, 3.8) is 0 Å². The zero-order chi connectivity index (χ0) is 14.4. The van der Waals surface area contributed by atoms with Gasteiger partial charge in [-0.3, -0.25) is 4.79 Å². The molecule has 1 amide bonds. The molecule has 1 heterocycles. The summed E-state index contributed by atoms with van der Waals surface area (Å²) in [6.45, 7) is 6.88. The SMILES string of the molecule is CCNC(CN1CCCCCC1=O)c1ccccc1C. The van der Waals surface area contributed by atoms with Crippen LogP contribution in [0.5, 0.6) is 0 Å². The molecule has 20 heavy (non-hydrogen) atoms. The number of hydrogen-bond donors (Lipinski definition) is 1. The van der Waals surface area contributed by atoms with Crippen LogP contribution in [0, 0.1) is 6.92 Å². The molecule has 1 fully saturated rings. The van der Waals surface area contributed by atoms with Crippen LogP contribution in [-0.4, -0.2) is 30.4 Å². The molecule has 0 saturated carbocycles. The van der Waals surface area contributed by atoms with Gasteiger partial charge in [0.25, 0.3) is 0 Å². The first-order valence-corrected chi connectivity index (χ1v) is 7.79. The summed E-state index contributed by atoms with van der Waals surface area (Å²) in [6, 6.07) is 8.70. The maximum atomic E-state index is 12.2. The molecule has 2 rings (SSSR count). The maximum Gasteiger partial charge on any atom is 0.222 e. The van der Waals surface area contributed by atoms with Gasteiger partial charge in [-0.1, -0.05) is 37.6 Å². The second-order valence-corrected chi connectivity index (χ2v) is 5.62. The quantitative estimate of drug-likeness (QED) is 0.895. The van der Waals surface area contributed by atoms with Gasteiger partial charge in [0.05, 0.1) is 6.04 Å². The van der Waals surface area contributed by atoms with Gasteiger partial charge >= 0.3 is 0 Å². The molecule has 1 unspecified atom stereocenters. The van der Waals surface area contributed by atoms with E-state index >= 15 is 0 Å². The van der Waals surface area contributed by atoms with Crippen molar-refractivity contribution in [3.8, 4) is 0 Å². The molecule has 1 aliphatic heterocycles. The van der Waals surface area contributed by atoms with Crippen molar-refractivity contribution in [2.24, 2.45) is 0 Å². The zero-order valence-electron chi connectivity index (χ0n) is 12.7. The molecule has 0 bridgehead atoms. The zero-order valence-corrected chi connectivity index (χ0v) is 12.7. The van der Waals surface area contributed by atoms with Crippen LogP contribution in [0.25, 0.3) is 0 Å². The number of likely N-dealkylation sites (N-methyl/N-ethyl adjacent to an activating group) is 1. The Hall–Kier alpha value is -1.35. The second-order valence-electron chi connectivity index (χ2n) is 5.62. The topological polar surface area (TPSA) is 32.3 Å². The van der Waals surface area contributed by atoms with Gasteiger partial charge in [-0.2, -0.15) is 0 Å². The highest BCUT2D eigenvalue weighted by atomic mass is 16.2. The van der Waals surface area contributed by atoms with Crippen LogP contribution in [0.15, 0.2) is 24.3 Å². The monoisotopic (exact) mass is 274 g/mol. The molecule has 0 aromatic heterocycles. The van der Waals surface area contributed by atoms with Crippen molar-refractivity contribution in [3.05, 3.63) is 35.4 Å². The summed E-state index contributed by atoms with van der Waals surface area (Å²) in [5.74, 6) is 0.319.